The van der Waals surface area contributed by atoms with Gasteiger partial charge in [-0.05, 0) is 0 Å². The molecule has 14 heavy (non-hydrogen) atoms. The Labute approximate surface area is 77.1 Å². The molecule has 0 amide bonds. The molecular weight excluding hydrogens is 190 g/mol. The van der Waals surface area contributed by atoms with Crippen LogP contribution in [0.2, 0.25) is 0 Å². The van der Waals surface area contributed by atoms with E-state index in [0.717, 1.165) is 4.57 Å². The predicted molar refractivity (Wildman–Crippen MR) is 48.0 cm³/mol. The third-order valence-electron chi connectivity index (χ3n) is 1.93. The molecule has 3 N–H and O–H groups in total. The summed E-state index contributed by atoms with van der Waals surface area (Å²) in [5, 5.41) is 9.65. The zero-order valence-electron chi connectivity index (χ0n) is 7.61. The number of hydrogen-bond donors (Lipinski definition) is 1. The van der Waals surface area contributed by atoms with Crippen LogP contribution in [0.5, 0.6) is 0 Å². The zero-order valence-corrected chi connectivity index (χ0v) is 7.61. The highest BCUT2D eigenvalue weighted by Gasteiger charge is 2.10. The first-order chi connectivity index (χ1) is 6.13. The average molecular weight is 199 g/mol. The third kappa shape index (κ3) is 1.04. The van der Waals surface area contributed by atoms with Gasteiger partial charge >= 0.3 is 5.69 Å². The maximum atomic E-state index is 11.4. The van der Waals surface area contributed by atoms with E-state index in [4.69, 9.17) is 0 Å². The van der Waals surface area contributed by atoms with Crippen LogP contribution in [0.4, 0.5) is 0 Å². The van der Waals surface area contributed by atoms with Crippen molar-refractivity contribution in [1.29, 1.82) is 0 Å². The van der Waals surface area contributed by atoms with E-state index in [0.29, 0.717) is 0 Å². The zero-order chi connectivity index (χ0) is 9.59. The summed E-state index contributed by atoms with van der Waals surface area (Å²) in [5.41, 5.74) is -0.407. The molecule has 0 fully saturated rings. The molecule has 0 aliphatic carbocycles. The Morgan fingerprint density at radius 2 is 1.79 bits per heavy atom. The number of rotatable bonds is 0. The number of aromatic nitrogens is 5. The molecule has 0 aromatic carbocycles. The van der Waals surface area contributed by atoms with Crippen LogP contribution in [-0.2, 0) is 14.1 Å². The van der Waals surface area contributed by atoms with Crippen molar-refractivity contribution >= 4 is 11.2 Å². The van der Waals surface area contributed by atoms with Crippen molar-refractivity contribution < 1.29 is 5.48 Å². The Kier molecular flexibility index (Phi) is 2.22. The normalized spacial score (nSPS) is 10.1. The number of aromatic amines is 1. The second-order valence-corrected chi connectivity index (χ2v) is 2.70. The quantitative estimate of drug-likeness (QED) is 0.505. The van der Waals surface area contributed by atoms with Crippen molar-refractivity contribution in [1.82, 2.24) is 24.5 Å². The molecule has 2 aromatic heterocycles. The van der Waals surface area contributed by atoms with Crippen molar-refractivity contribution in [3.8, 4) is 0 Å². The smallest absolute Gasteiger partial charge is 0.332 e. The van der Waals surface area contributed by atoms with E-state index < -0.39 is 11.2 Å². The van der Waals surface area contributed by atoms with Gasteiger partial charge in [-0.1, -0.05) is 0 Å². The highest BCUT2D eigenvalue weighted by molar-refractivity contribution is 5.67. The van der Waals surface area contributed by atoms with Crippen molar-refractivity contribution in [2.45, 2.75) is 0 Å². The Morgan fingerprint density at radius 1 is 1.14 bits per heavy atom. The van der Waals surface area contributed by atoms with E-state index in [2.05, 4.69) is 15.4 Å². The van der Waals surface area contributed by atoms with Crippen molar-refractivity contribution in [3.05, 3.63) is 20.8 Å². The highest BCUT2D eigenvalue weighted by Crippen LogP contribution is 1.95. The van der Waals surface area contributed by atoms with E-state index in [9.17, 15) is 9.59 Å². The number of nitrogens with one attached hydrogen (secondary N) is 1. The molecule has 0 aliphatic heterocycles. The summed E-state index contributed by atoms with van der Waals surface area (Å²) >= 11 is 0. The van der Waals surface area contributed by atoms with Gasteiger partial charge in [-0.3, -0.25) is 13.9 Å². The monoisotopic (exact) mass is 199 g/mol. The van der Waals surface area contributed by atoms with Gasteiger partial charge in [0.2, 0.25) is 0 Å². The number of aryl methyl sites for hydroxylation is 1. The molecule has 0 unspecified atom stereocenters. The third-order valence-corrected chi connectivity index (χ3v) is 1.93. The minimum Gasteiger partial charge on any atom is -0.412 e. The minimum absolute atomic E-state index is 0. The van der Waals surface area contributed by atoms with Gasteiger partial charge in [0.05, 0.1) is 0 Å². The van der Waals surface area contributed by atoms with Gasteiger partial charge in [0.25, 0.3) is 5.56 Å². The fraction of sp³-hybridized carbons (Fsp3) is 0.333. The van der Waals surface area contributed by atoms with Gasteiger partial charge in [0.15, 0.2) is 11.2 Å². The molecule has 0 aliphatic rings. The number of H-pyrrole nitrogens is 1. The number of fused-ring (bicyclic) bond motifs is 1. The maximum Gasteiger partial charge on any atom is 0.332 e. The van der Waals surface area contributed by atoms with Gasteiger partial charge in [0, 0.05) is 14.1 Å². The molecule has 2 rings (SSSR count). The Balaban J connectivity index is 0.000000980. The molecule has 2 aromatic rings. The van der Waals surface area contributed by atoms with Crippen molar-refractivity contribution in [2.75, 3.05) is 0 Å². The second-order valence-electron chi connectivity index (χ2n) is 2.70. The van der Waals surface area contributed by atoms with Crippen molar-refractivity contribution in [3.63, 3.8) is 0 Å². The van der Waals surface area contributed by atoms with Crippen LogP contribution >= 0.6 is 0 Å². The number of nitrogens with zero attached hydrogens (tertiary/aromatic N) is 4. The van der Waals surface area contributed by atoms with E-state index in [1.54, 1.807) is 0 Å². The summed E-state index contributed by atoms with van der Waals surface area (Å²) in [4.78, 5) is 22.7. The van der Waals surface area contributed by atoms with E-state index >= 15 is 0 Å². The highest BCUT2D eigenvalue weighted by atomic mass is 16.2. The molecule has 0 bridgehead atoms. The largest absolute Gasteiger partial charge is 0.412 e. The van der Waals surface area contributed by atoms with Crippen LogP contribution in [0.3, 0.4) is 0 Å². The van der Waals surface area contributed by atoms with E-state index in [-0.39, 0.29) is 16.6 Å². The molecular formula is C6H9N5O3. The van der Waals surface area contributed by atoms with Gasteiger partial charge in [-0.25, -0.2) is 4.79 Å². The van der Waals surface area contributed by atoms with Crippen molar-refractivity contribution in [2.24, 2.45) is 14.1 Å². The first-order valence-corrected chi connectivity index (χ1v) is 3.59. The second kappa shape index (κ2) is 3.07. The number of hydrogen-bond acceptors (Lipinski definition) is 4. The molecule has 0 radical (unpaired) electrons. The minimum atomic E-state index is -0.438. The molecule has 0 spiro atoms. The van der Waals surface area contributed by atoms with E-state index in [1.807, 2.05) is 0 Å². The molecule has 8 heteroatoms. The Bertz CT molecular complexity index is 577. The van der Waals surface area contributed by atoms with Crippen LogP contribution in [0.15, 0.2) is 9.59 Å². The molecule has 0 saturated carbocycles. The lowest BCUT2D eigenvalue weighted by Gasteiger charge is -1.99. The molecule has 76 valence electrons. The van der Waals surface area contributed by atoms with Crippen LogP contribution in [0.25, 0.3) is 11.2 Å². The van der Waals surface area contributed by atoms with Gasteiger partial charge in [-0.2, -0.15) is 5.21 Å². The maximum absolute atomic E-state index is 11.4. The first-order valence-electron chi connectivity index (χ1n) is 3.59. The lowest BCUT2D eigenvalue weighted by molar-refractivity contribution is 0.708. The first kappa shape index (κ1) is 10.1. The summed E-state index contributed by atoms with van der Waals surface area (Å²) in [5.74, 6) is 0. The molecule has 0 saturated heterocycles. The van der Waals surface area contributed by atoms with Gasteiger partial charge < -0.3 is 5.48 Å². The summed E-state index contributed by atoms with van der Waals surface area (Å²) in [6, 6.07) is 0. The predicted octanol–water partition coefficient (Wildman–Crippen LogP) is -2.47. The Hall–Kier alpha value is -1.96. The van der Waals surface area contributed by atoms with Crippen LogP contribution in [0, 0.1) is 0 Å². The molecule has 8 nitrogen and oxygen atoms in total. The van der Waals surface area contributed by atoms with Crippen LogP contribution in [-0.4, -0.2) is 30.0 Å². The van der Waals surface area contributed by atoms with Gasteiger partial charge in [-0.15, -0.1) is 10.2 Å². The van der Waals surface area contributed by atoms with E-state index in [1.165, 1.54) is 18.7 Å². The Morgan fingerprint density at radius 3 is 2.43 bits per heavy atom. The van der Waals surface area contributed by atoms with Crippen LogP contribution in [0.1, 0.15) is 0 Å². The SMILES string of the molecule is Cn1c(=O)c2n[nH]nc2n(C)c1=O.O. The summed E-state index contributed by atoms with van der Waals surface area (Å²) in [6.07, 6.45) is 0. The topological polar surface area (TPSA) is 117 Å². The summed E-state index contributed by atoms with van der Waals surface area (Å²) in [6.45, 7) is 0. The average Bonchev–Trinajstić information content (AvgIpc) is 2.59. The standard InChI is InChI=1S/C6H7N5O2.H2O/c1-10-4-3(7-9-8-4)5(12)11(2)6(10)13;/h1-2H3,(H,7,8,9);1H2. The summed E-state index contributed by atoms with van der Waals surface area (Å²) in [7, 11) is 2.94. The lowest BCUT2D eigenvalue weighted by Crippen LogP contribution is -2.36. The fourth-order valence-electron chi connectivity index (χ4n) is 1.16. The molecule has 2 heterocycles. The molecule has 0 atom stereocenters. The van der Waals surface area contributed by atoms with Crippen LogP contribution < -0.4 is 11.2 Å². The summed E-state index contributed by atoms with van der Waals surface area (Å²) < 4.78 is 2.26. The lowest BCUT2D eigenvalue weighted by atomic mass is 10.5. The fourth-order valence-corrected chi connectivity index (χ4v) is 1.16. The van der Waals surface area contributed by atoms with Gasteiger partial charge in [0.1, 0.15) is 0 Å².